The van der Waals surface area contributed by atoms with Crippen LogP contribution in [0.5, 0.6) is 0 Å². The van der Waals surface area contributed by atoms with E-state index in [2.05, 4.69) is 36.5 Å². The van der Waals surface area contributed by atoms with E-state index in [0.29, 0.717) is 24.3 Å². The van der Waals surface area contributed by atoms with E-state index < -0.39 is 0 Å². The Balaban J connectivity index is 1.50. The van der Waals surface area contributed by atoms with E-state index in [0.717, 1.165) is 32.4 Å². The molecule has 0 bridgehead atoms. The number of carbonyl (C=O) groups excluding carboxylic acids is 2. The van der Waals surface area contributed by atoms with Crippen LogP contribution in [-0.4, -0.2) is 36.3 Å². The van der Waals surface area contributed by atoms with E-state index in [-0.39, 0.29) is 17.7 Å². The Morgan fingerprint density at radius 3 is 2.44 bits per heavy atom. The van der Waals surface area contributed by atoms with Crippen molar-refractivity contribution < 1.29 is 9.59 Å². The van der Waals surface area contributed by atoms with Crippen molar-refractivity contribution in [3.8, 4) is 0 Å². The SMILES string of the molecule is CCC(=O)NC[C@@H](CC)C(=O)N1CCC2(CC1)CC(c1ccccc1C)C2. The molecular formula is C23H34N2O2. The van der Waals surface area contributed by atoms with Crippen molar-refractivity contribution >= 4 is 11.8 Å². The molecule has 1 aromatic carbocycles. The third-order valence-corrected chi connectivity index (χ3v) is 6.83. The quantitative estimate of drug-likeness (QED) is 0.822. The van der Waals surface area contributed by atoms with Crippen molar-refractivity contribution in [2.75, 3.05) is 19.6 Å². The van der Waals surface area contributed by atoms with Gasteiger partial charge in [0.05, 0.1) is 5.92 Å². The fraction of sp³-hybridized carbons (Fsp3) is 0.652. The highest BCUT2D eigenvalue weighted by Gasteiger charge is 2.47. The van der Waals surface area contributed by atoms with E-state index in [1.165, 1.54) is 24.0 Å². The maximum atomic E-state index is 12.9. The van der Waals surface area contributed by atoms with Gasteiger partial charge in [-0.1, -0.05) is 38.1 Å². The van der Waals surface area contributed by atoms with E-state index in [4.69, 9.17) is 0 Å². The molecule has 1 aliphatic carbocycles. The summed E-state index contributed by atoms with van der Waals surface area (Å²) in [6.45, 7) is 8.30. The largest absolute Gasteiger partial charge is 0.355 e. The van der Waals surface area contributed by atoms with E-state index in [1.807, 2.05) is 18.7 Å². The van der Waals surface area contributed by atoms with Crippen LogP contribution in [0.25, 0.3) is 0 Å². The van der Waals surface area contributed by atoms with Crippen molar-refractivity contribution in [2.24, 2.45) is 11.3 Å². The molecule has 2 amide bonds. The summed E-state index contributed by atoms with van der Waals surface area (Å²) >= 11 is 0. The molecule has 1 spiro atoms. The van der Waals surface area contributed by atoms with Crippen LogP contribution in [0.1, 0.15) is 69.4 Å². The minimum Gasteiger partial charge on any atom is -0.355 e. The highest BCUT2D eigenvalue weighted by atomic mass is 16.2. The maximum Gasteiger partial charge on any atom is 0.227 e. The lowest BCUT2D eigenvalue weighted by Gasteiger charge is -2.53. The van der Waals surface area contributed by atoms with Crippen molar-refractivity contribution in [2.45, 2.75) is 65.2 Å². The molecule has 148 valence electrons. The molecule has 4 nitrogen and oxygen atoms in total. The summed E-state index contributed by atoms with van der Waals surface area (Å²) in [7, 11) is 0. The Morgan fingerprint density at radius 2 is 1.85 bits per heavy atom. The zero-order chi connectivity index (χ0) is 19.4. The van der Waals surface area contributed by atoms with Gasteiger partial charge in [0.1, 0.15) is 0 Å². The number of nitrogens with zero attached hydrogens (tertiary/aromatic N) is 1. The van der Waals surface area contributed by atoms with Crippen molar-refractivity contribution in [3.63, 3.8) is 0 Å². The third-order valence-electron chi connectivity index (χ3n) is 6.83. The molecule has 2 aliphatic rings. The number of hydrogen-bond acceptors (Lipinski definition) is 2. The summed E-state index contributed by atoms with van der Waals surface area (Å²) in [5.74, 6) is 0.853. The van der Waals surface area contributed by atoms with E-state index in [1.54, 1.807) is 0 Å². The van der Waals surface area contributed by atoms with E-state index in [9.17, 15) is 9.59 Å². The van der Waals surface area contributed by atoms with Gasteiger partial charge >= 0.3 is 0 Å². The van der Waals surface area contributed by atoms with Crippen molar-refractivity contribution in [1.29, 1.82) is 0 Å². The first-order valence-electron chi connectivity index (χ1n) is 10.6. The Labute approximate surface area is 163 Å². The fourth-order valence-electron chi connectivity index (χ4n) is 4.89. The van der Waals surface area contributed by atoms with Gasteiger partial charge < -0.3 is 10.2 Å². The zero-order valence-electron chi connectivity index (χ0n) is 17.1. The molecule has 1 saturated heterocycles. The maximum absolute atomic E-state index is 12.9. The van der Waals surface area contributed by atoms with Crippen molar-refractivity contribution in [1.82, 2.24) is 10.2 Å². The number of amides is 2. The van der Waals surface area contributed by atoms with Gasteiger partial charge in [-0.25, -0.2) is 0 Å². The normalized spacial score (nSPS) is 20.2. The van der Waals surface area contributed by atoms with Gasteiger partial charge in [-0.15, -0.1) is 0 Å². The first-order chi connectivity index (χ1) is 13.0. The molecule has 1 aromatic rings. The Bertz CT molecular complexity index is 669. The van der Waals surface area contributed by atoms with Crippen LogP contribution in [0, 0.1) is 18.3 Å². The van der Waals surface area contributed by atoms with Crippen LogP contribution in [0.4, 0.5) is 0 Å². The monoisotopic (exact) mass is 370 g/mol. The first kappa shape index (κ1) is 19.9. The molecule has 0 unspecified atom stereocenters. The smallest absolute Gasteiger partial charge is 0.227 e. The molecule has 4 heteroatoms. The summed E-state index contributed by atoms with van der Waals surface area (Å²) in [5, 5.41) is 2.88. The summed E-state index contributed by atoms with van der Waals surface area (Å²) in [5.41, 5.74) is 3.37. The average molecular weight is 371 g/mol. The van der Waals surface area contributed by atoms with Crippen LogP contribution in [0.15, 0.2) is 24.3 Å². The molecule has 3 rings (SSSR count). The Morgan fingerprint density at radius 1 is 1.19 bits per heavy atom. The molecule has 1 atom stereocenters. The summed E-state index contributed by atoms with van der Waals surface area (Å²) in [6.07, 6.45) is 6.03. The lowest BCUT2D eigenvalue weighted by atomic mass is 9.55. The lowest BCUT2D eigenvalue weighted by molar-refractivity contribution is -0.139. The number of benzene rings is 1. The number of piperidine rings is 1. The highest BCUT2D eigenvalue weighted by Crippen LogP contribution is 2.57. The van der Waals surface area contributed by atoms with Gasteiger partial charge in [-0.05, 0) is 61.5 Å². The third kappa shape index (κ3) is 4.36. The van der Waals surface area contributed by atoms with Crippen LogP contribution >= 0.6 is 0 Å². The molecule has 0 aromatic heterocycles. The summed E-state index contributed by atoms with van der Waals surface area (Å²) in [6, 6.07) is 8.76. The van der Waals surface area contributed by atoms with Crippen LogP contribution in [0.3, 0.4) is 0 Å². The number of likely N-dealkylation sites (tertiary alicyclic amines) is 1. The molecular weight excluding hydrogens is 336 g/mol. The molecule has 2 fully saturated rings. The highest BCUT2D eigenvalue weighted by molar-refractivity contribution is 5.81. The average Bonchev–Trinajstić information content (AvgIpc) is 2.67. The van der Waals surface area contributed by atoms with Gasteiger partial charge in [0.2, 0.25) is 11.8 Å². The van der Waals surface area contributed by atoms with Gasteiger partial charge in [0.25, 0.3) is 0 Å². The number of aryl methyl sites for hydroxylation is 1. The first-order valence-corrected chi connectivity index (χ1v) is 10.6. The predicted octanol–water partition coefficient (Wildman–Crippen LogP) is 4.03. The number of rotatable bonds is 6. The van der Waals surface area contributed by atoms with Gasteiger partial charge in [0, 0.05) is 26.1 Å². The standard InChI is InChI=1S/C23H34N2O2/c1-4-18(16-24-21(26)5-2)22(27)25-12-10-23(11-13-25)14-19(15-23)20-9-7-6-8-17(20)3/h6-9,18-19H,4-5,10-16H2,1-3H3,(H,24,26)/t18-/m1/s1. The van der Waals surface area contributed by atoms with Crippen LogP contribution < -0.4 is 5.32 Å². The number of nitrogens with one attached hydrogen (secondary N) is 1. The second-order valence-electron chi connectivity index (χ2n) is 8.55. The van der Waals surface area contributed by atoms with Gasteiger partial charge in [-0.3, -0.25) is 9.59 Å². The topological polar surface area (TPSA) is 49.4 Å². The molecule has 1 saturated carbocycles. The Hall–Kier alpha value is -1.84. The summed E-state index contributed by atoms with van der Waals surface area (Å²) < 4.78 is 0. The second-order valence-corrected chi connectivity index (χ2v) is 8.55. The number of hydrogen-bond donors (Lipinski definition) is 1. The summed E-state index contributed by atoms with van der Waals surface area (Å²) in [4.78, 5) is 26.4. The molecule has 1 aliphatic heterocycles. The van der Waals surface area contributed by atoms with Crippen molar-refractivity contribution in [3.05, 3.63) is 35.4 Å². The minimum atomic E-state index is -0.0874. The molecule has 1 heterocycles. The van der Waals surface area contributed by atoms with E-state index >= 15 is 0 Å². The van der Waals surface area contributed by atoms with Crippen LogP contribution in [0.2, 0.25) is 0 Å². The predicted molar refractivity (Wildman–Crippen MR) is 108 cm³/mol. The fourth-order valence-corrected chi connectivity index (χ4v) is 4.89. The van der Waals surface area contributed by atoms with Crippen LogP contribution in [-0.2, 0) is 9.59 Å². The zero-order valence-corrected chi connectivity index (χ0v) is 17.1. The molecule has 0 radical (unpaired) electrons. The minimum absolute atomic E-state index is 0.0237. The lowest BCUT2D eigenvalue weighted by Crippen LogP contribution is -2.50. The van der Waals surface area contributed by atoms with Gasteiger partial charge in [-0.2, -0.15) is 0 Å². The second kappa shape index (κ2) is 8.45. The molecule has 27 heavy (non-hydrogen) atoms. The Kier molecular flexibility index (Phi) is 6.23. The number of carbonyl (C=O) groups is 2. The molecule has 1 N–H and O–H groups in total. The van der Waals surface area contributed by atoms with Gasteiger partial charge in [0.15, 0.2) is 0 Å².